The van der Waals surface area contributed by atoms with Gasteiger partial charge in [-0.1, -0.05) is 17.7 Å². The molecule has 0 saturated heterocycles. The highest BCUT2D eigenvalue weighted by molar-refractivity contribution is 7.93. The number of hydrogen-bond acceptors (Lipinski definition) is 4. The fourth-order valence-corrected chi connectivity index (χ4v) is 4.40. The van der Waals surface area contributed by atoms with Crippen molar-refractivity contribution in [3.63, 3.8) is 0 Å². The van der Waals surface area contributed by atoms with Crippen LogP contribution in [0.3, 0.4) is 0 Å². The molecule has 7 heteroatoms. The second-order valence-electron chi connectivity index (χ2n) is 5.19. The fourth-order valence-electron chi connectivity index (χ4n) is 2.52. The van der Waals surface area contributed by atoms with Gasteiger partial charge in [-0.3, -0.25) is 4.31 Å². The fraction of sp³-hybridized carbons (Fsp3) is 0.250. The first-order valence-electron chi connectivity index (χ1n) is 7.03. The van der Waals surface area contributed by atoms with Crippen LogP contribution in [0, 0.1) is 6.92 Å². The number of methoxy groups -OCH3 is 1. The summed E-state index contributed by atoms with van der Waals surface area (Å²) in [5, 5.41) is 0.335. The number of fused-ring (bicyclic) bond motifs is 1. The van der Waals surface area contributed by atoms with Crippen LogP contribution in [0.4, 0.5) is 5.69 Å². The van der Waals surface area contributed by atoms with Gasteiger partial charge in [0.1, 0.15) is 23.0 Å². The number of sulfonamides is 1. The molecule has 1 aliphatic heterocycles. The molecule has 1 heterocycles. The van der Waals surface area contributed by atoms with Gasteiger partial charge in [-0.25, -0.2) is 8.42 Å². The van der Waals surface area contributed by atoms with Crippen molar-refractivity contribution in [1.29, 1.82) is 0 Å². The van der Waals surface area contributed by atoms with Crippen LogP contribution in [0.5, 0.6) is 11.5 Å². The summed E-state index contributed by atoms with van der Waals surface area (Å²) < 4.78 is 38.3. The van der Waals surface area contributed by atoms with Gasteiger partial charge in [-0.15, -0.1) is 0 Å². The van der Waals surface area contributed by atoms with Crippen molar-refractivity contribution in [3.05, 3.63) is 47.0 Å². The Kier molecular flexibility index (Phi) is 4.12. The molecule has 3 rings (SSSR count). The maximum atomic E-state index is 13.1. The van der Waals surface area contributed by atoms with Gasteiger partial charge in [-0.05, 0) is 42.8 Å². The zero-order chi connectivity index (χ0) is 16.6. The first-order valence-corrected chi connectivity index (χ1v) is 8.85. The van der Waals surface area contributed by atoms with Crippen LogP contribution in [0.25, 0.3) is 0 Å². The molecule has 0 bridgehead atoms. The molecular formula is C16H16ClNO4S. The number of ether oxygens (including phenoxy) is 2. The Balaban J connectivity index is 2.16. The van der Waals surface area contributed by atoms with Crippen molar-refractivity contribution in [2.45, 2.75) is 11.8 Å². The number of aryl methyl sites for hydroxylation is 1. The average Bonchev–Trinajstić information content (AvgIpc) is 2.54. The van der Waals surface area contributed by atoms with Crippen LogP contribution >= 0.6 is 11.6 Å². The maximum absolute atomic E-state index is 13.1. The van der Waals surface area contributed by atoms with Gasteiger partial charge in [-0.2, -0.15) is 0 Å². The monoisotopic (exact) mass is 353 g/mol. The van der Waals surface area contributed by atoms with Crippen molar-refractivity contribution < 1.29 is 17.9 Å². The van der Waals surface area contributed by atoms with Crippen LogP contribution < -0.4 is 13.8 Å². The summed E-state index contributed by atoms with van der Waals surface area (Å²) in [5.74, 6) is 0.807. The Hall–Kier alpha value is -1.92. The molecule has 0 amide bonds. The number of hydrogen-bond donors (Lipinski definition) is 0. The molecule has 0 aromatic heterocycles. The van der Waals surface area contributed by atoms with Gasteiger partial charge >= 0.3 is 0 Å². The van der Waals surface area contributed by atoms with Gasteiger partial charge in [0.05, 0.1) is 19.3 Å². The number of halogens is 1. The number of benzene rings is 2. The predicted octanol–water partition coefficient (Wildman–Crippen LogP) is 3.24. The minimum absolute atomic E-state index is 0.0434. The molecule has 1 aliphatic rings. The average molecular weight is 354 g/mol. The number of anilines is 1. The van der Waals surface area contributed by atoms with Crippen molar-refractivity contribution >= 4 is 27.3 Å². The number of rotatable bonds is 3. The van der Waals surface area contributed by atoms with E-state index >= 15 is 0 Å². The smallest absolute Gasteiger partial charge is 0.268 e. The van der Waals surface area contributed by atoms with E-state index in [4.69, 9.17) is 21.1 Å². The topological polar surface area (TPSA) is 55.8 Å². The maximum Gasteiger partial charge on any atom is 0.268 e. The standard InChI is InChI=1S/C16H16ClNO4S/c1-11-3-5-14-13(9-11)18(7-8-22-14)23(19,20)16-10-12(17)4-6-15(16)21-2/h3-6,9-10H,7-8H2,1-2H3. The Labute approximate surface area is 140 Å². The molecule has 122 valence electrons. The van der Waals surface area contributed by atoms with Crippen molar-refractivity contribution in [2.24, 2.45) is 0 Å². The quantitative estimate of drug-likeness (QED) is 0.850. The van der Waals surface area contributed by atoms with Crippen LogP contribution in [-0.2, 0) is 10.0 Å². The molecule has 0 aliphatic carbocycles. The van der Waals surface area contributed by atoms with E-state index < -0.39 is 10.0 Å². The van der Waals surface area contributed by atoms with Crippen LogP contribution in [0.15, 0.2) is 41.3 Å². The molecule has 23 heavy (non-hydrogen) atoms. The lowest BCUT2D eigenvalue weighted by Crippen LogP contribution is -2.38. The highest BCUT2D eigenvalue weighted by Crippen LogP contribution is 2.38. The normalized spacial score (nSPS) is 14.1. The molecule has 2 aromatic carbocycles. The van der Waals surface area contributed by atoms with E-state index in [2.05, 4.69) is 0 Å². The molecule has 0 atom stereocenters. The van der Waals surface area contributed by atoms with E-state index in [0.717, 1.165) is 5.56 Å². The SMILES string of the molecule is COc1ccc(Cl)cc1S(=O)(=O)N1CCOc2ccc(C)cc21. The summed E-state index contributed by atoms with van der Waals surface area (Å²) in [6.45, 7) is 2.42. The third-order valence-corrected chi connectivity index (χ3v) is 5.70. The predicted molar refractivity (Wildman–Crippen MR) is 89.2 cm³/mol. The van der Waals surface area contributed by atoms with Crippen molar-refractivity contribution in [3.8, 4) is 11.5 Å². The van der Waals surface area contributed by atoms with Gasteiger partial charge in [0, 0.05) is 5.02 Å². The van der Waals surface area contributed by atoms with Gasteiger partial charge in [0.2, 0.25) is 0 Å². The molecule has 0 N–H and O–H groups in total. The lowest BCUT2D eigenvalue weighted by Gasteiger charge is -2.31. The molecule has 2 aromatic rings. The molecule has 5 nitrogen and oxygen atoms in total. The summed E-state index contributed by atoms with van der Waals surface area (Å²) in [6, 6.07) is 10.0. The Morgan fingerprint density at radius 3 is 2.74 bits per heavy atom. The van der Waals surface area contributed by atoms with E-state index in [1.165, 1.54) is 17.5 Å². The Morgan fingerprint density at radius 2 is 2.00 bits per heavy atom. The second-order valence-corrected chi connectivity index (χ2v) is 7.46. The first kappa shape index (κ1) is 16.0. The lowest BCUT2D eigenvalue weighted by molar-refractivity contribution is 0.315. The number of nitrogens with zero attached hydrogens (tertiary/aromatic N) is 1. The van der Waals surface area contributed by atoms with E-state index in [-0.39, 0.29) is 23.8 Å². The Bertz CT molecular complexity index is 851. The molecule has 0 spiro atoms. The van der Waals surface area contributed by atoms with Crippen molar-refractivity contribution in [2.75, 3.05) is 24.6 Å². The summed E-state index contributed by atoms with van der Waals surface area (Å²) in [4.78, 5) is 0.0434. The van der Waals surface area contributed by atoms with E-state index in [0.29, 0.717) is 16.5 Å². The summed E-state index contributed by atoms with van der Waals surface area (Å²) >= 11 is 5.98. The van der Waals surface area contributed by atoms with Gasteiger partial charge in [0.25, 0.3) is 10.0 Å². The zero-order valence-electron chi connectivity index (χ0n) is 12.7. The summed E-state index contributed by atoms with van der Waals surface area (Å²) in [6.07, 6.45) is 0. The third-order valence-electron chi connectivity index (χ3n) is 3.63. The highest BCUT2D eigenvalue weighted by Gasteiger charge is 2.32. The largest absolute Gasteiger partial charge is 0.495 e. The molecule has 0 fully saturated rings. The van der Waals surface area contributed by atoms with Crippen LogP contribution in [0.1, 0.15) is 5.56 Å². The zero-order valence-corrected chi connectivity index (χ0v) is 14.3. The molecule has 0 saturated carbocycles. The minimum atomic E-state index is -3.81. The first-order chi connectivity index (χ1) is 10.9. The van der Waals surface area contributed by atoms with Gasteiger partial charge in [0.15, 0.2) is 0 Å². The molecule has 0 radical (unpaired) electrons. The second kappa shape index (κ2) is 5.94. The van der Waals surface area contributed by atoms with E-state index in [1.807, 2.05) is 13.0 Å². The molecular weight excluding hydrogens is 338 g/mol. The third kappa shape index (κ3) is 2.84. The Morgan fingerprint density at radius 1 is 1.22 bits per heavy atom. The summed E-state index contributed by atoms with van der Waals surface area (Å²) in [7, 11) is -2.38. The van der Waals surface area contributed by atoms with E-state index in [1.54, 1.807) is 24.3 Å². The van der Waals surface area contributed by atoms with E-state index in [9.17, 15) is 8.42 Å². The van der Waals surface area contributed by atoms with Gasteiger partial charge < -0.3 is 9.47 Å². The minimum Gasteiger partial charge on any atom is -0.495 e. The highest BCUT2D eigenvalue weighted by atomic mass is 35.5. The summed E-state index contributed by atoms with van der Waals surface area (Å²) in [5.41, 5.74) is 1.48. The van der Waals surface area contributed by atoms with Crippen LogP contribution in [0.2, 0.25) is 5.02 Å². The molecule has 0 unspecified atom stereocenters. The van der Waals surface area contributed by atoms with Crippen LogP contribution in [-0.4, -0.2) is 28.7 Å². The lowest BCUT2D eigenvalue weighted by atomic mass is 10.2. The van der Waals surface area contributed by atoms with Crippen molar-refractivity contribution in [1.82, 2.24) is 0 Å².